The Morgan fingerprint density at radius 1 is 1.22 bits per heavy atom. The number of hydrogen-bond acceptors (Lipinski definition) is 4. The zero-order chi connectivity index (χ0) is 12.5. The van der Waals surface area contributed by atoms with E-state index in [9.17, 15) is 4.79 Å². The van der Waals surface area contributed by atoms with Gasteiger partial charge in [0.2, 0.25) is 5.91 Å². The van der Waals surface area contributed by atoms with Gasteiger partial charge in [-0.15, -0.1) is 0 Å². The topological polar surface area (TPSA) is 59.6 Å². The molecule has 6 heteroatoms. The highest BCUT2D eigenvalue weighted by Gasteiger charge is 2.26. The first-order valence-corrected chi connectivity index (χ1v) is 6.65. The smallest absolute Gasteiger partial charge is 0.241 e. The van der Waals surface area contributed by atoms with Crippen molar-refractivity contribution in [3.05, 3.63) is 22.2 Å². The third-order valence-electron chi connectivity index (χ3n) is 2.99. The van der Waals surface area contributed by atoms with Crippen molar-refractivity contribution >= 4 is 21.8 Å². The second kappa shape index (κ2) is 4.78. The summed E-state index contributed by atoms with van der Waals surface area (Å²) < 4.78 is 11.9. The quantitative estimate of drug-likeness (QED) is 0.811. The Labute approximate surface area is 113 Å². The highest BCUT2D eigenvalue weighted by Crippen LogP contribution is 2.40. The largest absolute Gasteiger partial charge is 0.486 e. The molecule has 0 spiro atoms. The fourth-order valence-electron chi connectivity index (χ4n) is 2.16. The van der Waals surface area contributed by atoms with Crippen LogP contribution >= 0.6 is 15.9 Å². The van der Waals surface area contributed by atoms with Crippen molar-refractivity contribution in [2.45, 2.75) is 6.04 Å². The summed E-state index contributed by atoms with van der Waals surface area (Å²) in [5, 5.41) is 6.03. The van der Waals surface area contributed by atoms with E-state index in [1.807, 2.05) is 12.1 Å². The lowest BCUT2D eigenvalue weighted by atomic mass is 10.0. The molecule has 96 valence electrons. The molecule has 2 heterocycles. The molecule has 1 aromatic rings. The van der Waals surface area contributed by atoms with Gasteiger partial charge in [0.1, 0.15) is 19.3 Å². The van der Waals surface area contributed by atoms with Crippen molar-refractivity contribution in [1.82, 2.24) is 10.6 Å². The molecule has 1 saturated heterocycles. The van der Waals surface area contributed by atoms with E-state index >= 15 is 0 Å². The van der Waals surface area contributed by atoms with Crippen LogP contribution in [0.1, 0.15) is 11.6 Å². The van der Waals surface area contributed by atoms with Crippen LogP contribution in [0.5, 0.6) is 11.5 Å². The molecule has 0 radical (unpaired) electrons. The fraction of sp³-hybridized carbons (Fsp3) is 0.417. The highest BCUT2D eigenvalue weighted by molar-refractivity contribution is 9.10. The molecule has 2 aliphatic heterocycles. The van der Waals surface area contributed by atoms with Crippen LogP contribution in [0.15, 0.2) is 16.6 Å². The molecular weight excluding hydrogens is 300 g/mol. The van der Waals surface area contributed by atoms with Crippen LogP contribution in [0.4, 0.5) is 0 Å². The zero-order valence-corrected chi connectivity index (χ0v) is 11.2. The third-order valence-corrected chi connectivity index (χ3v) is 3.58. The lowest BCUT2D eigenvalue weighted by Gasteiger charge is -2.26. The Kier molecular flexibility index (Phi) is 3.13. The van der Waals surface area contributed by atoms with Crippen LogP contribution < -0.4 is 20.1 Å². The van der Waals surface area contributed by atoms with Gasteiger partial charge < -0.3 is 20.1 Å². The Morgan fingerprint density at radius 2 is 2.06 bits per heavy atom. The second-order valence-electron chi connectivity index (χ2n) is 4.21. The number of ether oxygens (including phenoxy) is 2. The van der Waals surface area contributed by atoms with Crippen LogP contribution in [0.25, 0.3) is 0 Å². The molecule has 2 N–H and O–H groups in total. The van der Waals surface area contributed by atoms with Crippen molar-refractivity contribution in [3.63, 3.8) is 0 Å². The summed E-state index contributed by atoms with van der Waals surface area (Å²) in [7, 11) is 0. The fourth-order valence-corrected chi connectivity index (χ4v) is 2.74. The van der Waals surface area contributed by atoms with Crippen LogP contribution in [-0.4, -0.2) is 32.2 Å². The van der Waals surface area contributed by atoms with E-state index in [1.165, 1.54) is 0 Å². The molecule has 3 rings (SSSR count). The summed E-state index contributed by atoms with van der Waals surface area (Å²) >= 11 is 3.45. The Hall–Kier alpha value is -1.27. The van der Waals surface area contributed by atoms with Gasteiger partial charge >= 0.3 is 0 Å². The summed E-state index contributed by atoms with van der Waals surface area (Å²) in [6.07, 6.45) is 0. The summed E-state index contributed by atoms with van der Waals surface area (Å²) in [6.45, 7) is 2.52. The number of hydrogen-bond donors (Lipinski definition) is 2. The number of piperazine rings is 1. The maximum absolute atomic E-state index is 11.8. The Bertz CT molecular complexity index is 492. The van der Waals surface area contributed by atoms with Gasteiger partial charge in [-0.05, 0) is 33.6 Å². The maximum Gasteiger partial charge on any atom is 0.241 e. The number of rotatable bonds is 1. The molecule has 1 atom stereocenters. The minimum atomic E-state index is -0.328. The van der Waals surface area contributed by atoms with Crippen LogP contribution in [0, 0.1) is 0 Å². The van der Waals surface area contributed by atoms with Crippen molar-refractivity contribution in [2.24, 2.45) is 0 Å². The number of benzene rings is 1. The second-order valence-corrected chi connectivity index (χ2v) is 5.06. The molecule has 1 fully saturated rings. The molecule has 5 nitrogen and oxygen atoms in total. The molecule has 0 aromatic heterocycles. The number of fused-ring (bicyclic) bond motifs is 1. The van der Waals surface area contributed by atoms with E-state index in [1.54, 1.807) is 0 Å². The Morgan fingerprint density at radius 3 is 2.89 bits per heavy atom. The molecule has 2 aliphatic rings. The van der Waals surface area contributed by atoms with Gasteiger partial charge in [-0.3, -0.25) is 4.79 Å². The molecular formula is C12H13BrN2O3. The van der Waals surface area contributed by atoms with Gasteiger partial charge in [-0.25, -0.2) is 0 Å². The summed E-state index contributed by atoms with van der Waals surface area (Å²) in [4.78, 5) is 11.8. The predicted molar refractivity (Wildman–Crippen MR) is 68.9 cm³/mol. The van der Waals surface area contributed by atoms with Gasteiger partial charge in [0.15, 0.2) is 11.5 Å². The number of amides is 1. The average molecular weight is 313 g/mol. The minimum Gasteiger partial charge on any atom is -0.486 e. The van der Waals surface area contributed by atoms with E-state index < -0.39 is 0 Å². The molecule has 1 amide bonds. The van der Waals surface area contributed by atoms with Crippen molar-refractivity contribution < 1.29 is 14.3 Å². The van der Waals surface area contributed by atoms with Crippen LogP contribution in [0.3, 0.4) is 0 Å². The van der Waals surface area contributed by atoms with Crippen LogP contribution in [-0.2, 0) is 4.79 Å². The molecule has 1 unspecified atom stereocenters. The molecule has 0 saturated carbocycles. The zero-order valence-electron chi connectivity index (χ0n) is 9.66. The number of carbonyl (C=O) groups excluding carboxylic acids is 1. The van der Waals surface area contributed by atoms with Gasteiger partial charge in [0.25, 0.3) is 0 Å². The summed E-state index contributed by atoms with van der Waals surface area (Å²) in [5.74, 6) is 1.39. The van der Waals surface area contributed by atoms with E-state index in [2.05, 4.69) is 26.6 Å². The number of carbonyl (C=O) groups is 1. The summed E-state index contributed by atoms with van der Waals surface area (Å²) in [5.41, 5.74) is 0.878. The SMILES string of the molecule is O=C1NCCNC1c1cc(Br)c2c(c1)OCCO2. The van der Waals surface area contributed by atoms with Crippen molar-refractivity contribution in [1.29, 1.82) is 0 Å². The number of halogens is 1. The monoisotopic (exact) mass is 312 g/mol. The normalized spacial score (nSPS) is 22.5. The molecule has 0 aliphatic carbocycles. The summed E-state index contributed by atoms with van der Waals surface area (Å²) in [6, 6.07) is 3.43. The van der Waals surface area contributed by atoms with Gasteiger partial charge in [-0.2, -0.15) is 0 Å². The van der Waals surface area contributed by atoms with Crippen molar-refractivity contribution in [2.75, 3.05) is 26.3 Å². The molecule has 18 heavy (non-hydrogen) atoms. The van der Waals surface area contributed by atoms with E-state index in [0.29, 0.717) is 31.3 Å². The van der Waals surface area contributed by atoms with Gasteiger partial charge in [0, 0.05) is 13.1 Å². The van der Waals surface area contributed by atoms with E-state index in [4.69, 9.17) is 9.47 Å². The standard InChI is InChI=1S/C12H13BrN2O3/c13-8-5-7(10-12(16)15-2-1-14-10)6-9-11(8)18-4-3-17-9/h5-6,10,14H,1-4H2,(H,15,16). The molecule has 1 aromatic carbocycles. The lowest BCUT2D eigenvalue weighted by molar-refractivity contribution is -0.124. The van der Waals surface area contributed by atoms with E-state index in [0.717, 1.165) is 16.6 Å². The lowest BCUT2D eigenvalue weighted by Crippen LogP contribution is -2.47. The first kappa shape index (κ1) is 11.8. The van der Waals surface area contributed by atoms with E-state index in [-0.39, 0.29) is 11.9 Å². The van der Waals surface area contributed by atoms with Crippen LogP contribution in [0.2, 0.25) is 0 Å². The average Bonchev–Trinajstić information content (AvgIpc) is 2.39. The first-order chi connectivity index (χ1) is 8.75. The highest BCUT2D eigenvalue weighted by atomic mass is 79.9. The van der Waals surface area contributed by atoms with Gasteiger partial charge in [0.05, 0.1) is 4.47 Å². The third kappa shape index (κ3) is 2.06. The predicted octanol–water partition coefficient (Wildman–Crippen LogP) is 0.981. The number of nitrogens with one attached hydrogen (secondary N) is 2. The molecule has 0 bridgehead atoms. The Balaban J connectivity index is 1.97. The first-order valence-electron chi connectivity index (χ1n) is 5.86. The maximum atomic E-state index is 11.8. The van der Waals surface area contributed by atoms with Gasteiger partial charge in [-0.1, -0.05) is 0 Å². The van der Waals surface area contributed by atoms with Crippen molar-refractivity contribution in [3.8, 4) is 11.5 Å². The minimum absolute atomic E-state index is 0.00942.